The first kappa shape index (κ1) is 11.4. The van der Waals surface area contributed by atoms with Crippen molar-refractivity contribution in [3.8, 4) is 0 Å². The van der Waals surface area contributed by atoms with E-state index in [-0.39, 0.29) is 6.61 Å². The minimum absolute atomic E-state index is 0.00628. The van der Waals surface area contributed by atoms with Crippen LogP contribution in [0.25, 0.3) is 0 Å². The van der Waals surface area contributed by atoms with Gasteiger partial charge in [0.1, 0.15) is 0 Å². The van der Waals surface area contributed by atoms with E-state index < -0.39 is 10.2 Å². The summed E-state index contributed by atoms with van der Waals surface area (Å²) >= 11 is 0. The topological polar surface area (TPSA) is 69.6 Å². The van der Waals surface area contributed by atoms with Crippen LogP contribution in [0.1, 0.15) is 12.0 Å². The first-order chi connectivity index (χ1) is 7.63. The van der Waals surface area contributed by atoms with Crippen molar-refractivity contribution in [1.82, 2.24) is 4.31 Å². The molecule has 0 unspecified atom stereocenters. The Morgan fingerprint density at radius 3 is 2.88 bits per heavy atom. The lowest BCUT2D eigenvalue weighted by atomic mass is 10.2. The number of benzene rings is 1. The normalized spacial score (nSPS) is 18.8. The monoisotopic (exact) mass is 242 g/mol. The van der Waals surface area contributed by atoms with Gasteiger partial charge in [-0.05, 0) is 18.1 Å². The predicted octanol–water partition coefficient (Wildman–Crippen LogP) is 0.541. The van der Waals surface area contributed by atoms with Crippen molar-refractivity contribution >= 4 is 15.9 Å². The van der Waals surface area contributed by atoms with E-state index in [1.54, 1.807) is 12.1 Å². The molecule has 1 aliphatic rings. The minimum Gasteiger partial charge on any atom is -0.396 e. The van der Waals surface area contributed by atoms with Crippen LogP contribution in [0.2, 0.25) is 0 Å². The Balaban J connectivity index is 2.25. The maximum absolute atomic E-state index is 11.8. The van der Waals surface area contributed by atoms with Crippen LogP contribution in [-0.4, -0.2) is 31.0 Å². The lowest BCUT2D eigenvalue weighted by Crippen LogP contribution is -2.40. The molecule has 0 bridgehead atoms. The number of rotatable bonds is 3. The maximum Gasteiger partial charge on any atom is 0.301 e. The molecule has 0 aliphatic carbocycles. The molecular formula is C10H14N2O3S. The van der Waals surface area contributed by atoms with Crippen molar-refractivity contribution in [3.05, 3.63) is 29.8 Å². The van der Waals surface area contributed by atoms with Gasteiger partial charge in [0.05, 0.1) is 5.69 Å². The van der Waals surface area contributed by atoms with Gasteiger partial charge in [0.15, 0.2) is 0 Å². The number of para-hydroxylation sites is 1. The van der Waals surface area contributed by atoms with E-state index in [9.17, 15) is 8.42 Å². The second-order valence-corrected chi connectivity index (χ2v) is 5.35. The predicted molar refractivity (Wildman–Crippen MR) is 61.1 cm³/mol. The molecule has 0 radical (unpaired) electrons. The number of nitrogens with zero attached hydrogens (tertiary/aromatic N) is 1. The SMILES string of the molecule is O=S1(=O)Nc2ccccc2CN1CCCO. The fourth-order valence-corrected chi connectivity index (χ4v) is 2.97. The van der Waals surface area contributed by atoms with Crippen LogP contribution in [0.3, 0.4) is 0 Å². The van der Waals surface area contributed by atoms with Gasteiger partial charge in [-0.15, -0.1) is 0 Å². The third kappa shape index (κ3) is 2.18. The lowest BCUT2D eigenvalue weighted by Gasteiger charge is -2.28. The number of fused-ring (bicyclic) bond motifs is 1. The number of anilines is 1. The molecule has 0 saturated heterocycles. The number of hydrogen-bond acceptors (Lipinski definition) is 3. The number of nitrogens with one attached hydrogen (secondary N) is 1. The van der Waals surface area contributed by atoms with E-state index in [0.717, 1.165) is 5.56 Å². The van der Waals surface area contributed by atoms with E-state index in [1.165, 1.54) is 4.31 Å². The maximum atomic E-state index is 11.8. The van der Waals surface area contributed by atoms with Gasteiger partial charge in [-0.2, -0.15) is 12.7 Å². The Hall–Kier alpha value is -1.11. The molecule has 1 aromatic rings. The van der Waals surface area contributed by atoms with E-state index in [0.29, 0.717) is 25.2 Å². The highest BCUT2D eigenvalue weighted by Gasteiger charge is 2.27. The smallest absolute Gasteiger partial charge is 0.301 e. The number of aliphatic hydroxyl groups is 1. The first-order valence-electron chi connectivity index (χ1n) is 5.10. The number of hydrogen-bond donors (Lipinski definition) is 2. The molecule has 2 rings (SSSR count). The summed E-state index contributed by atoms with van der Waals surface area (Å²) in [5.74, 6) is 0. The van der Waals surface area contributed by atoms with Gasteiger partial charge in [0.2, 0.25) is 0 Å². The summed E-state index contributed by atoms with van der Waals surface area (Å²) < 4.78 is 27.4. The molecule has 5 nitrogen and oxygen atoms in total. The largest absolute Gasteiger partial charge is 0.396 e. The van der Waals surface area contributed by atoms with Crippen LogP contribution >= 0.6 is 0 Å². The van der Waals surface area contributed by atoms with Crippen LogP contribution in [0.4, 0.5) is 5.69 Å². The van der Waals surface area contributed by atoms with Crippen LogP contribution < -0.4 is 4.72 Å². The van der Waals surface area contributed by atoms with Crippen molar-refractivity contribution in [3.63, 3.8) is 0 Å². The summed E-state index contributed by atoms with van der Waals surface area (Å²) in [6.07, 6.45) is 0.447. The van der Waals surface area contributed by atoms with Crippen molar-refractivity contribution in [2.24, 2.45) is 0 Å². The Bertz CT molecular complexity index is 473. The third-order valence-electron chi connectivity index (χ3n) is 2.51. The van der Waals surface area contributed by atoms with Crippen LogP contribution in [0, 0.1) is 0 Å². The van der Waals surface area contributed by atoms with Crippen LogP contribution in [-0.2, 0) is 16.8 Å². The molecule has 0 saturated carbocycles. The minimum atomic E-state index is -3.44. The van der Waals surface area contributed by atoms with Crippen LogP contribution in [0.15, 0.2) is 24.3 Å². The van der Waals surface area contributed by atoms with E-state index >= 15 is 0 Å². The van der Waals surface area contributed by atoms with Gasteiger partial charge >= 0.3 is 10.2 Å². The fourth-order valence-electron chi connectivity index (χ4n) is 1.68. The summed E-state index contributed by atoms with van der Waals surface area (Å²) in [5.41, 5.74) is 1.60. The Morgan fingerprint density at radius 1 is 1.38 bits per heavy atom. The molecular weight excluding hydrogens is 228 g/mol. The van der Waals surface area contributed by atoms with Gasteiger partial charge in [-0.25, -0.2) is 0 Å². The van der Waals surface area contributed by atoms with Gasteiger partial charge < -0.3 is 5.11 Å². The van der Waals surface area contributed by atoms with Crippen molar-refractivity contribution in [2.45, 2.75) is 13.0 Å². The highest BCUT2D eigenvalue weighted by Crippen LogP contribution is 2.25. The molecule has 88 valence electrons. The summed E-state index contributed by atoms with van der Waals surface area (Å²) in [6, 6.07) is 7.31. The molecule has 0 aromatic heterocycles. The second-order valence-electron chi connectivity index (χ2n) is 3.67. The molecule has 16 heavy (non-hydrogen) atoms. The second kappa shape index (κ2) is 4.40. The Kier molecular flexibility index (Phi) is 3.13. The zero-order chi connectivity index (χ0) is 11.6. The van der Waals surface area contributed by atoms with E-state index in [2.05, 4.69) is 4.72 Å². The van der Waals surface area contributed by atoms with E-state index in [4.69, 9.17) is 5.11 Å². The molecule has 1 aliphatic heterocycles. The molecule has 0 spiro atoms. The standard InChI is InChI=1S/C10H14N2O3S/c13-7-3-6-12-8-9-4-1-2-5-10(9)11-16(12,14)15/h1-2,4-5,11,13H,3,6-8H2. The average Bonchev–Trinajstić information content (AvgIpc) is 2.25. The lowest BCUT2D eigenvalue weighted by molar-refractivity contribution is 0.267. The average molecular weight is 242 g/mol. The van der Waals surface area contributed by atoms with Crippen molar-refractivity contribution in [1.29, 1.82) is 0 Å². The zero-order valence-electron chi connectivity index (χ0n) is 8.76. The highest BCUT2D eigenvalue weighted by molar-refractivity contribution is 7.90. The molecule has 0 fully saturated rings. The Morgan fingerprint density at radius 2 is 2.12 bits per heavy atom. The first-order valence-corrected chi connectivity index (χ1v) is 6.54. The number of aliphatic hydroxyl groups excluding tert-OH is 1. The molecule has 1 heterocycles. The van der Waals surface area contributed by atoms with Crippen LogP contribution in [0.5, 0.6) is 0 Å². The van der Waals surface area contributed by atoms with Gasteiger partial charge in [-0.3, -0.25) is 4.72 Å². The van der Waals surface area contributed by atoms with E-state index in [1.807, 2.05) is 12.1 Å². The summed E-state index contributed by atoms with van der Waals surface area (Å²) in [5, 5.41) is 8.72. The van der Waals surface area contributed by atoms with Gasteiger partial charge in [0, 0.05) is 19.7 Å². The zero-order valence-corrected chi connectivity index (χ0v) is 9.57. The molecule has 0 amide bonds. The fraction of sp³-hybridized carbons (Fsp3) is 0.400. The van der Waals surface area contributed by atoms with Crippen molar-refractivity contribution < 1.29 is 13.5 Å². The molecule has 1 aromatic carbocycles. The third-order valence-corrected chi connectivity index (χ3v) is 3.98. The van der Waals surface area contributed by atoms with Crippen molar-refractivity contribution in [2.75, 3.05) is 17.9 Å². The highest BCUT2D eigenvalue weighted by atomic mass is 32.2. The molecule has 6 heteroatoms. The molecule has 2 N–H and O–H groups in total. The van der Waals surface area contributed by atoms with Gasteiger partial charge in [-0.1, -0.05) is 18.2 Å². The summed E-state index contributed by atoms with van der Waals surface area (Å²) in [7, 11) is -3.44. The molecule has 0 atom stereocenters. The van der Waals surface area contributed by atoms with Gasteiger partial charge in [0.25, 0.3) is 0 Å². The Labute approximate surface area is 94.9 Å². The quantitative estimate of drug-likeness (QED) is 0.813. The summed E-state index contributed by atoms with van der Waals surface area (Å²) in [6.45, 7) is 0.694. The summed E-state index contributed by atoms with van der Waals surface area (Å²) in [4.78, 5) is 0.